The fourth-order valence-corrected chi connectivity index (χ4v) is 4.40. The molecular weight excluding hydrogens is 461 g/mol. The van der Waals surface area contributed by atoms with Crippen LogP contribution in [0.4, 0.5) is 13.2 Å². The number of pyridine rings is 1. The van der Waals surface area contributed by atoms with Crippen LogP contribution < -0.4 is 10.1 Å². The number of benzene rings is 1. The van der Waals surface area contributed by atoms with Gasteiger partial charge in [0.2, 0.25) is 0 Å². The summed E-state index contributed by atoms with van der Waals surface area (Å²) in [5.41, 5.74) is 1.30. The number of carbonyl (C=O) groups excluding carboxylic acids is 2. The van der Waals surface area contributed by atoms with Gasteiger partial charge in [0.05, 0.1) is 5.56 Å². The predicted octanol–water partition coefficient (Wildman–Crippen LogP) is 4.91. The Labute approximate surface area is 200 Å². The molecule has 2 amide bonds. The zero-order valence-electron chi connectivity index (χ0n) is 19.1. The largest absolute Gasteiger partial charge is 0.573 e. The van der Waals surface area contributed by atoms with E-state index in [1.165, 1.54) is 18.2 Å². The molecule has 2 N–H and O–H groups in total. The first-order valence-electron chi connectivity index (χ1n) is 11.6. The van der Waals surface area contributed by atoms with E-state index in [0.29, 0.717) is 31.2 Å². The minimum Gasteiger partial charge on any atom is -0.405 e. The van der Waals surface area contributed by atoms with Crippen LogP contribution in [0.2, 0.25) is 0 Å². The molecule has 10 heteroatoms. The summed E-state index contributed by atoms with van der Waals surface area (Å²) in [7, 11) is 0. The van der Waals surface area contributed by atoms with Gasteiger partial charge in [-0.2, -0.15) is 0 Å². The Morgan fingerprint density at radius 2 is 1.91 bits per heavy atom. The van der Waals surface area contributed by atoms with Gasteiger partial charge < -0.3 is 19.9 Å². The molecule has 1 saturated heterocycles. The molecule has 4 rings (SSSR count). The first-order chi connectivity index (χ1) is 16.8. The number of piperidine rings is 1. The van der Waals surface area contributed by atoms with Crippen molar-refractivity contribution in [1.29, 1.82) is 0 Å². The minimum atomic E-state index is -4.85. The van der Waals surface area contributed by atoms with Crippen molar-refractivity contribution >= 4 is 22.7 Å². The first-order valence-corrected chi connectivity index (χ1v) is 11.6. The molecule has 3 heterocycles. The third kappa shape index (κ3) is 6.52. The maximum absolute atomic E-state index is 12.8. The summed E-state index contributed by atoms with van der Waals surface area (Å²) in [6.07, 6.45) is 2.87. The zero-order valence-corrected chi connectivity index (χ0v) is 19.1. The van der Waals surface area contributed by atoms with Crippen LogP contribution >= 0.6 is 0 Å². The highest BCUT2D eigenvalue weighted by Gasteiger charge is 2.34. The number of para-hydroxylation sites is 1. The highest BCUT2D eigenvalue weighted by molar-refractivity contribution is 5.98. The Morgan fingerprint density at radius 3 is 2.66 bits per heavy atom. The number of halogens is 3. The summed E-state index contributed by atoms with van der Waals surface area (Å²) in [5, 5.41) is 3.81. The van der Waals surface area contributed by atoms with Crippen molar-refractivity contribution in [2.75, 3.05) is 19.6 Å². The van der Waals surface area contributed by atoms with Crippen LogP contribution in [-0.2, 0) is 0 Å². The molecule has 0 unspecified atom stereocenters. The number of likely N-dealkylation sites (tertiary alicyclic amines) is 1. The molecular formula is C25H27F3N4O3. The van der Waals surface area contributed by atoms with Gasteiger partial charge in [-0.25, -0.2) is 0 Å². The van der Waals surface area contributed by atoms with E-state index in [1.807, 2.05) is 6.07 Å². The van der Waals surface area contributed by atoms with Crippen LogP contribution in [0, 0.1) is 5.92 Å². The van der Waals surface area contributed by atoms with Crippen molar-refractivity contribution in [2.45, 2.75) is 38.5 Å². The van der Waals surface area contributed by atoms with Crippen LogP contribution in [0.3, 0.4) is 0 Å². The van der Waals surface area contributed by atoms with Crippen molar-refractivity contribution < 1.29 is 27.5 Å². The molecule has 0 saturated carbocycles. The quantitative estimate of drug-likeness (QED) is 0.441. The van der Waals surface area contributed by atoms with E-state index in [1.54, 1.807) is 23.4 Å². The number of nitrogens with zero attached hydrogens (tertiary/aromatic N) is 2. The fourth-order valence-electron chi connectivity index (χ4n) is 4.40. The van der Waals surface area contributed by atoms with Gasteiger partial charge in [0.15, 0.2) is 0 Å². The monoisotopic (exact) mass is 488 g/mol. The van der Waals surface area contributed by atoms with Gasteiger partial charge in [-0.1, -0.05) is 25.0 Å². The summed E-state index contributed by atoms with van der Waals surface area (Å²) < 4.78 is 42.0. The van der Waals surface area contributed by atoms with Crippen LogP contribution in [0.25, 0.3) is 10.9 Å². The summed E-state index contributed by atoms with van der Waals surface area (Å²) in [6.45, 7) is 1.56. The molecule has 2 aromatic heterocycles. The zero-order chi connectivity index (χ0) is 24.8. The third-order valence-electron chi connectivity index (χ3n) is 6.24. The van der Waals surface area contributed by atoms with E-state index in [-0.39, 0.29) is 11.5 Å². The highest BCUT2D eigenvalue weighted by Crippen LogP contribution is 2.29. The highest BCUT2D eigenvalue weighted by atomic mass is 19.4. The molecule has 35 heavy (non-hydrogen) atoms. The predicted molar refractivity (Wildman–Crippen MR) is 124 cm³/mol. The van der Waals surface area contributed by atoms with Crippen molar-refractivity contribution in [3.8, 4) is 5.75 Å². The molecule has 186 valence electrons. The van der Waals surface area contributed by atoms with Gasteiger partial charge in [0.25, 0.3) is 11.8 Å². The lowest BCUT2D eigenvalue weighted by Crippen LogP contribution is -2.38. The van der Waals surface area contributed by atoms with Gasteiger partial charge >= 0.3 is 6.36 Å². The van der Waals surface area contributed by atoms with Gasteiger partial charge in [-0.05, 0) is 49.4 Å². The standard InChI is InChI=1S/C25H27F3N4O3/c26-25(27,28)35-22-7-2-1-6-19(22)24(34)32-13-9-17(10-14-32)5-3-4-11-30-23(33)21-15-18-16-29-12-8-20(18)31-21/h1-2,6-8,12,15-17,31H,3-5,9-11,13-14H2,(H,30,33). The average molecular weight is 489 g/mol. The van der Waals surface area contributed by atoms with Crippen molar-refractivity contribution in [3.63, 3.8) is 0 Å². The molecule has 1 fully saturated rings. The number of amides is 2. The number of carbonyl (C=O) groups is 2. The molecule has 1 aliphatic rings. The lowest BCUT2D eigenvalue weighted by atomic mass is 9.91. The van der Waals surface area contributed by atoms with Crippen molar-refractivity contribution in [1.82, 2.24) is 20.2 Å². The molecule has 0 atom stereocenters. The third-order valence-corrected chi connectivity index (χ3v) is 6.24. The number of alkyl halides is 3. The second-order valence-electron chi connectivity index (χ2n) is 8.68. The van der Waals surface area contributed by atoms with Crippen molar-refractivity contribution in [3.05, 3.63) is 60.0 Å². The van der Waals surface area contributed by atoms with Gasteiger partial charge in [0.1, 0.15) is 11.4 Å². The van der Waals surface area contributed by atoms with Crippen LogP contribution in [0.15, 0.2) is 48.8 Å². The Hall–Kier alpha value is -3.56. The van der Waals surface area contributed by atoms with Gasteiger partial charge in [-0.15, -0.1) is 13.2 Å². The number of aromatic amines is 1. The molecule has 7 nitrogen and oxygen atoms in total. The van der Waals surface area contributed by atoms with E-state index in [0.717, 1.165) is 49.1 Å². The molecule has 0 bridgehead atoms. The Morgan fingerprint density at radius 1 is 1.14 bits per heavy atom. The fraction of sp³-hybridized carbons (Fsp3) is 0.400. The van der Waals surface area contributed by atoms with E-state index < -0.39 is 18.0 Å². The maximum Gasteiger partial charge on any atom is 0.573 e. The molecule has 1 aliphatic heterocycles. The van der Waals surface area contributed by atoms with Crippen LogP contribution in [0.5, 0.6) is 5.75 Å². The molecule has 3 aromatic rings. The number of nitrogens with one attached hydrogen (secondary N) is 2. The topological polar surface area (TPSA) is 87.3 Å². The van der Waals surface area contributed by atoms with E-state index in [2.05, 4.69) is 20.0 Å². The number of H-pyrrole nitrogens is 1. The van der Waals surface area contributed by atoms with Crippen molar-refractivity contribution in [2.24, 2.45) is 5.92 Å². The summed E-state index contributed by atoms with van der Waals surface area (Å²) in [5.74, 6) is -0.627. The number of ether oxygens (including phenoxy) is 1. The smallest absolute Gasteiger partial charge is 0.405 e. The second-order valence-corrected chi connectivity index (χ2v) is 8.68. The maximum atomic E-state index is 12.8. The summed E-state index contributed by atoms with van der Waals surface area (Å²) in [4.78, 5) is 33.8. The average Bonchev–Trinajstić information content (AvgIpc) is 3.28. The Bertz CT molecular complexity index is 1140. The van der Waals surface area contributed by atoms with Gasteiger partial charge in [0, 0.05) is 42.9 Å². The van der Waals surface area contributed by atoms with Crippen LogP contribution in [0.1, 0.15) is 53.0 Å². The number of rotatable bonds is 8. The first kappa shape index (κ1) is 24.6. The lowest BCUT2D eigenvalue weighted by molar-refractivity contribution is -0.274. The molecule has 0 aliphatic carbocycles. The SMILES string of the molecule is O=C(NCCCCC1CCN(C(=O)c2ccccc2OC(F)(F)F)CC1)c1cc2cnccc2[nH]1. The minimum absolute atomic E-state index is 0.0785. The Kier molecular flexibility index (Phi) is 7.57. The number of fused-ring (bicyclic) bond motifs is 1. The Balaban J connectivity index is 1.17. The van der Waals surface area contributed by atoms with E-state index in [9.17, 15) is 22.8 Å². The van der Waals surface area contributed by atoms with E-state index in [4.69, 9.17) is 0 Å². The number of unbranched alkanes of at least 4 members (excludes halogenated alkanes) is 1. The summed E-state index contributed by atoms with van der Waals surface area (Å²) >= 11 is 0. The number of aromatic nitrogens is 2. The number of hydrogen-bond donors (Lipinski definition) is 2. The molecule has 0 radical (unpaired) electrons. The van der Waals surface area contributed by atoms with Crippen LogP contribution in [-0.4, -0.2) is 52.7 Å². The summed E-state index contributed by atoms with van der Waals surface area (Å²) in [6, 6.07) is 9.04. The number of hydrogen-bond acceptors (Lipinski definition) is 4. The van der Waals surface area contributed by atoms with Gasteiger partial charge in [-0.3, -0.25) is 14.6 Å². The molecule has 0 spiro atoms. The lowest BCUT2D eigenvalue weighted by Gasteiger charge is -2.32. The van der Waals surface area contributed by atoms with E-state index >= 15 is 0 Å². The second kappa shape index (κ2) is 10.8. The normalized spacial score (nSPS) is 14.8. The molecule has 1 aromatic carbocycles.